The van der Waals surface area contributed by atoms with Crippen molar-refractivity contribution in [2.45, 2.75) is 51.7 Å². The normalized spacial score (nSPS) is 17.9. The van der Waals surface area contributed by atoms with E-state index in [2.05, 4.69) is 15.0 Å². The molecule has 0 N–H and O–H groups in total. The van der Waals surface area contributed by atoms with Crippen molar-refractivity contribution in [1.82, 2.24) is 19.7 Å². The van der Waals surface area contributed by atoms with Crippen LogP contribution in [0.25, 0.3) is 11.5 Å². The van der Waals surface area contributed by atoms with Crippen LogP contribution in [0.1, 0.15) is 37.1 Å². The lowest BCUT2D eigenvalue weighted by Gasteiger charge is -2.35. The molecule has 1 aromatic carbocycles. The van der Waals surface area contributed by atoms with Gasteiger partial charge < -0.3 is 4.42 Å². The maximum absolute atomic E-state index is 14.1. The van der Waals surface area contributed by atoms with Crippen molar-refractivity contribution in [1.29, 1.82) is 0 Å². The summed E-state index contributed by atoms with van der Waals surface area (Å²) in [6.45, 7) is 4.41. The van der Waals surface area contributed by atoms with Gasteiger partial charge in [0.1, 0.15) is 17.4 Å². The van der Waals surface area contributed by atoms with Crippen LogP contribution in [-0.4, -0.2) is 32.3 Å². The van der Waals surface area contributed by atoms with Crippen molar-refractivity contribution in [2.24, 2.45) is 0 Å². The lowest BCUT2D eigenvalue weighted by Crippen LogP contribution is -2.39. The van der Waals surface area contributed by atoms with Gasteiger partial charge in [0.2, 0.25) is 5.89 Å². The van der Waals surface area contributed by atoms with Gasteiger partial charge in [-0.3, -0.25) is 9.58 Å². The van der Waals surface area contributed by atoms with E-state index in [1.54, 1.807) is 6.20 Å². The molecule has 148 valence electrons. The predicted octanol–water partition coefficient (Wildman–Crippen LogP) is 4.57. The zero-order valence-corrected chi connectivity index (χ0v) is 15.9. The summed E-state index contributed by atoms with van der Waals surface area (Å²) in [5, 5.41) is 4.28. The van der Waals surface area contributed by atoms with E-state index in [1.807, 2.05) is 23.9 Å². The molecule has 1 fully saturated rings. The fraction of sp³-hybridized carbons (Fsp3) is 0.429. The van der Waals surface area contributed by atoms with Crippen LogP contribution in [0.4, 0.5) is 8.78 Å². The third-order valence-corrected chi connectivity index (χ3v) is 5.41. The zero-order chi connectivity index (χ0) is 19.5. The average molecular weight is 386 g/mol. The Hall–Kier alpha value is -2.54. The molecule has 2 aromatic heterocycles. The lowest BCUT2D eigenvalue weighted by atomic mass is 9.99. The minimum atomic E-state index is -0.664. The fourth-order valence-corrected chi connectivity index (χ4v) is 3.85. The van der Waals surface area contributed by atoms with Crippen molar-refractivity contribution in [3.05, 3.63) is 59.7 Å². The topological polar surface area (TPSA) is 47.1 Å². The largest absolute Gasteiger partial charge is 0.441 e. The van der Waals surface area contributed by atoms with Crippen molar-refractivity contribution >= 4 is 0 Å². The first kappa shape index (κ1) is 18.8. The van der Waals surface area contributed by atoms with Crippen molar-refractivity contribution in [3.8, 4) is 11.5 Å². The first-order chi connectivity index (χ1) is 13.6. The lowest BCUT2D eigenvalue weighted by molar-refractivity contribution is 0.125. The molecule has 7 heteroatoms. The van der Waals surface area contributed by atoms with E-state index in [4.69, 9.17) is 4.42 Å². The van der Waals surface area contributed by atoms with Crippen molar-refractivity contribution in [2.75, 3.05) is 6.54 Å². The molecule has 1 aliphatic rings. The summed E-state index contributed by atoms with van der Waals surface area (Å²) in [5.74, 6) is -0.397. The van der Waals surface area contributed by atoms with Gasteiger partial charge >= 0.3 is 0 Å². The number of hydrogen-bond acceptors (Lipinski definition) is 4. The Kier molecular flexibility index (Phi) is 5.52. The van der Waals surface area contributed by atoms with Gasteiger partial charge in [-0.05, 0) is 50.9 Å². The molecule has 3 heterocycles. The molecule has 1 saturated heterocycles. The molecule has 0 bridgehead atoms. The summed E-state index contributed by atoms with van der Waals surface area (Å²) in [4.78, 5) is 6.95. The third-order valence-electron chi connectivity index (χ3n) is 5.41. The SMILES string of the molecule is Cc1oc(-c2ccc(F)cc2F)nc1CN1CCCCC1CCn1cccn1. The minimum Gasteiger partial charge on any atom is -0.441 e. The Morgan fingerprint density at radius 1 is 1.25 bits per heavy atom. The monoisotopic (exact) mass is 386 g/mol. The van der Waals surface area contributed by atoms with Crippen LogP contribution in [0.2, 0.25) is 0 Å². The average Bonchev–Trinajstić information content (AvgIpc) is 3.31. The Morgan fingerprint density at radius 3 is 2.93 bits per heavy atom. The number of nitrogens with zero attached hydrogens (tertiary/aromatic N) is 4. The Morgan fingerprint density at radius 2 is 2.14 bits per heavy atom. The quantitative estimate of drug-likeness (QED) is 0.623. The maximum Gasteiger partial charge on any atom is 0.229 e. The van der Waals surface area contributed by atoms with Crippen LogP contribution in [0.15, 0.2) is 41.1 Å². The van der Waals surface area contributed by atoms with Gasteiger partial charge in [0, 0.05) is 37.6 Å². The van der Waals surface area contributed by atoms with E-state index in [9.17, 15) is 8.78 Å². The van der Waals surface area contributed by atoms with Crippen LogP contribution in [0.5, 0.6) is 0 Å². The summed E-state index contributed by atoms with van der Waals surface area (Å²) in [6.07, 6.45) is 8.35. The van der Waals surface area contributed by atoms with E-state index < -0.39 is 11.6 Å². The van der Waals surface area contributed by atoms with Crippen LogP contribution in [0, 0.1) is 18.6 Å². The van der Waals surface area contributed by atoms with E-state index in [-0.39, 0.29) is 11.5 Å². The van der Waals surface area contributed by atoms with Gasteiger partial charge in [0.05, 0.1) is 11.3 Å². The third kappa shape index (κ3) is 4.14. The number of rotatable bonds is 6. The summed E-state index contributed by atoms with van der Waals surface area (Å²) in [5.41, 5.74) is 0.995. The predicted molar refractivity (Wildman–Crippen MR) is 101 cm³/mol. The maximum atomic E-state index is 14.1. The molecule has 0 aliphatic carbocycles. The number of halogens is 2. The summed E-state index contributed by atoms with van der Waals surface area (Å²) in [7, 11) is 0. The second kappa shape index (κ2) is 8.22. The molecule has 1 atom stereocenters. The van der Waals surface area contributed by atoms with Crippen molar-refractivity contribution < 1.29 is 13.2 Å². The molecule has 0 spiro atoms. The van der Waals surface area contributed by atoms with Crippen LogP contribution < -0.4 is 0 Å². The molecular formula is C21H24F2N4O. The Labute approximate surface area is 163 Å². The van der Waals surface area contributed by atoms with Gasteiger partial charge in [-0.1, -0.05) is 6.42 Å². The standard InChI is InChI=1S/C21H24F2N4O/c1-15-20(25-21(28-15)18-7-6-16(22)13-19(18)23)14-26-10-3-2-5-17(26)8-12-27-11-4-9-24-27/h4,6-7,9,11,13,17H,2-3,5,8,10,12,14H2,1H3. The number of likely N-dealkylation sites (tertiary alicyclic amines) is 1. The highest BCUT2D eigenvalue weighted by Crippen LogP contribution is 2.28. The van der Waals surface area contributed by atoms with E-state index in [0.29, 0.717) is 18.3 Å². The van der Waals surface area contributed by atoms with Gasteiger partial charge in [0.15, 0.2) is 0 Å². The van der Waals surface area contributed by atoms with Gasteiger partial charge in [-0.15, -0.1) is 0 Å². The van der Waals surface area contributed by atoms with E-state index in [0.717, 1.165) is 44.1 Å². The summed E-state index contributed by atoms with van der Waals surface area (Å²) in [6, 6.07) is 5.83. The van der Waals surface area contributed by atoms with Gasteiger partial charge in [-0.25, -0.2) is 13.8 Å². The molecular weight excluding hydrogens is 362 g/mol. The molecule has 0 radical (unpaired) electrons. The molecule has 3 aromatic rings. The highest BCUT2D eigenvalue weighted by molar-refractivity contribution is 5.54. The molecule has 4 rings (SSSR count). The molecule has 0 saturated carbocycles. The second-order valence-corrected chi connectivity index (χ2v) is 7.32. The number of piperidine rings is 1. The van der Waals surface area contributed by atoms with Crippen molar-refractivity contribution in [3.63, 3.8) is 0 Å². The van der Waals surface area contributed by atoms with E-state index >= 15 is 0 Å². The van der Waals surface area contributed by atoms with Crippen LogP contribution in [0.3, 0.4) is 0 Å². The smallest absolute Gasteiger partial charge is 0.229 e. The van der Waals surface area contributed by atoms with E-state index in [1.165, 1.54) is 18.6 Å². The van der Waals surface area contributed by atoms with Crippen LogP contribution in [-0.2, 0) is 13.1 Å². The molecule has 28 heavy (non-hydrogen) atoms. The number of hydrogen-bond donors (Lipinski definition) is 0. The highest BCUT2D eigenvalue weighted by Gasteiger charge is 2.25. The Bertz CT molecular complexity index is 923. The number of benzene rings is 1. The first-order valence-corrected chi connectivity index (χ1v) is 9.73. The summed E-state index contributed by atoms with van der Waals surface area (Å²) >= 11 is 0. The highest BCUT2D eigenvalue weighted by atomic mass is 19.1. The fourth-order valence-electron chi connectivity index (χ4n) is 3.85. The molecule has 1 aliphatic heterocycles. The van der Waals surface area contributed by atoms with Crippen LogP contribution >= 0.6 is 0 Å². The second-order valence-electron chi connectivity index (χ2n) is 7.32. The molecule has 1 unspecified atom stereocenters. The number of aryl methyl sites for hydroxylation is 2. The first-order valence-electron chi connectivity index (χ1n) is 9.73. The molecule has 5 nitrogen and oxygen atoms in total. The molecule has 0 amide bonds. The summed E-state index contributed by atoms with van der Waals surface area (Å²) < 4.78 is 34.9. The zero-order valence-electron chi connectivity index (χ0n) is 15.9. The van der Waals surface area contributed by atoms with Gasteiger partial charge in [-0.2, -0.15) is 5.10 Å². The Balaban J connectivity index is 1.48. The number of aromatic nitrogens is 3. The number of oxazole rings is 1. The van der Waals surface area contributed by atoms with Gasteiger partial charge in [0.25, 0.3) is 0 Å². The minimum absolute atomic E-state index is 0.185.